The molecule has 2 unspecified atom stereocenters. The number of carboxylic acids is 1. The third-order valence-electron chi connectivity index (χ3n) is 3.65. The molecule has 1 aliphatic heterocycles. The Balaban J connectivity index is 1.74. The van der Waals surface area contributed by atoms with E-state index < -0.39 is 11.9 Å². The monoisotopic (exact) mass is 264 g/mol. The number of benzene rings is 1. The second-order valence-electron chi connectivity index (χ2n) is 4.90. The first kappa shape index (κ1) is 12.1. The number of ether oxygens (including phenoxy) is 3. The van der Waals surface area contributed by atoms with E-state index in [1.807, 2.05) is 0 Å². The molecule has 0 amide bonds. The smallest absolute Gasteiger partial charge is 0.310 e. The summed E-state index contributed by atoms with van der Waals surface area (Å²) in [6, 6.07) is 5.34. The van der Waals surface area contributed by atoms with Crippen molar-refractivity contribution < 1.29 is 24.1 Å². The van der Waals surface area contributed by atoms with Crippen molar-refractivity contribution in [3.8, 4) is 17.2 Å². The van der Waals surface area contributed by atoms with Crippen molar-refractivity contribution in [2.45, 2.75) is 31.8 Å². The fourth-order valence-electron chi connectivity index (χ4n) is 2.65. The van der Waals surface area contributed by atoms with Gasteiger partial charge in [0.05, 0.1) is 5.92 Å². The largest absolute Gasteiger partial charge is 0.489 e. The van der Waals surface area contributed by atoms with Gasteiger partial charge in [-0.05, 0) is 31.4 Å². The topological polar surface area (TPSA) is 65.0 Å². The summed E-state index contributed by atoms with van der Waals surface area (Å²) in [5, 5.41) is 9.22. The van der Waals surface area contributed by atoms with Crippen LogP contribution >= 0.6 is 0 Å². The van der Waals surface area contributed by atoms with Crippen LogP contribution in [0.3, 0.4) is 0 Å². The van der Waals surface area contributed by atoms with Crippen LogP contribution in [0, 0.1) is 5.92 Å². The van der Waals surface area contributed by atoms with E-state index in [2.05, 4.69) is 0 Å². The van der Waals surface area contributed by atoms with E-state index in [4.69, 9.17) is 14.2 Å². The minimum atomic E-state index is -0.773. The number of hydrogen-bond donors (Lipinski definition) is 1. The molecule has 0 bridgehead atoms. The summed E-state index contributed by atoms with van der Waals surface area (Å²) in [5.41, 5.74) is 0. The summed E-state index contributed by atoms with van der Waals surface area (Å²) < 4.78 is 16.4. The Kier molecular flexibility index (Phi) is 3.19. The second-order valence-corrected chi connectivity index (χ2v) is 4.90. The van der Waals surface area contributed by atoms with Gasteiger partial charge in [-0.2, -0.15) is 0 Å². The lowest BCUT2D eigenvalue weighted by atomic mass is 9.86. The van der Waals surface area contributed by atoms with Gasteiger partial charge in [-0.25, -0.2) is 0 Å². The molecular weight excluding hydrogens is 248 g/mol. The predicted octanol–water partition coefficient (Wildman–Crippen LogP) is 2.44. The number of carboxylic acid groups (broad SMARTS) is 1. The number of hydrogen-bond acceptors (Lipinski definition) is 4. The Hall–Kier alpha value is -1.91. The molecule has 1 N–H and O–H groups in total. The van der Waals surface area contributed by atoms with Crippen LogP contribution in [0.15, 0.2) is 18.2 Å². The molecule has 1 aliphatic carbocycles. The molecule has 5 nitrogen and oxygen atoms in total. The molecule has 5 heteroatoms. The van der Waals surface area contributed by atoms with Gasteiger partial charge in [-0.1, -0.05) is 6.42 Å². The minimum Gasteiger partial charge on any atom is -0.489 e. The maximum Gasteiger partial charge on any atom is 0.310 e. The van der Waals surface area contributed by atoms with Crippen LogP contribution in [0.1, 0.15) is 25.7 Å². The summed E-state index contributed by atoms with van der Waals surface area (Å²) in [6.45, 7) is 0.222. The van der Waals surface area contributed by atoms with E-state index in [1.54, 1.807) is 18.2 Å². The second kappa shape index (κ2) is 4.99. The van der Waals surface area contributed by atoms with Gasteiger partial charge in [0.15, 0.2) is 11.5 Å². The van der Waals surface area contributed by atoms with E-state index in [-0.39, 0.29) is 12.9 Å². The zero-order chi connectivity index (χ0) is 13.2. The Morgan fingerprint density at radius 2 is 2.00 bits per heavy atom. The van der Waals surface area contributed by atoms with Crippen LogP contribution in [0.25, 0.3) is 0 Å². The molecule has 1 aromatic rings. The summed E-state index contributed by atoms with van der Waals surface area (Å²) in [4.78, 5) is 11.2. The average Bonchev–Trinajstić information content (AvgIpc) is 2.86. The van der Waals surface area contributed by atoms with E-state index in [1.165, 1.54) is 0 Å². The Morgan fingerprint density at radius 3 is 2.84 bits per heavy atom. The molecule has 0 saturated heterocycles. The number of aliphatic carboxylic acids is 1. The first-order valence-electron chi connectivity index (χ1n) is 6.53. The highest BCUT2D eigenvalue weighted by Crippen LogP contribution is 2.37. The zero-order valence-corrected chi connectivity index (χ0v) is 10.5. The van der Waals surface area contributed by atoms with Crippen LogP contribution in [0.4, 0.5) is 0 Å². The third kappa shape index (κ3) is 2.45. The van der Waals surface area contributed by atoms with E-state index in [0.29, 0.717) is 23.7 Å². The predicted molar refractivity (Wildman–Crippen MR) is 66.6 cm³/mol. The molecule has 3 rings (SSSR count). The van der Waals surface area contributed by atoms with Gasteiger partial charge < -0.3 is 19.3 Å². The van der Waals surface area contributed by atoms with Crippen molar-refractivity contribution in [2.75, 3.05) is 6.79 Å². The Labute approximate surface area is 111 Å². The fourth-order valence-corrected chi connectivity index (χ4v) is 2.65. The van der Waals surface area contributed by atoms with Gasteiger partial charge in [-0.15, -0.1) is 0 Å². The Bertz CT molecular complexity index is 485. The van der Waals surface area contributed by atoms with Crippen molar-refractivity contribution in [1.82, 2.24) is 0 Å². The number of carbonyl (C=O) groups is 1. The molecule has 2 aliphatic rings. The minimum absolute atomic E-state index is 0.222. The lowest BCUT2D eigenvalue weighted by molar-refractivity contribution is -0.146. The van der Waals surface area contributed by atoms with Crippen molar-refractivity contribution in [1.29, 1.82) is 0 Å². The van der Waals surface area contributed by atoms with Crippen LogP contribution < -0.4 is 14.2 Å². The molecule has 1 heterocycles. The maximum atomic E-state index is 11.2. The molecule has 19 heavy (non-hydrogen) atoms. The van der Waals surface area contributed by atoms with Crippen molar-refractivity contribution >= 4 is 5.97 Å². The molecule has 1 fully saturated rings. The van der Waals surface area contributed by atoms with Gasteiger partial charge in [0.1, 0.15) is 11.9 Å². The van der Waals surface area contributed by atoms with Crippen LogP contribution in [0.2, 0.25) is 0 Å². The third-order valence-corrected chi connectivity index (χ3v) is 3.65. The SMILES string of the molecule is O=C(O)C1CCCCC1Oc1ccc2c(c1)OCO2. The highest BCUT2D eigenvalue weighted by atomic mass is 16.7. The van der Waals surface area contributed by atoms with E-state index >= 15 is 0 Å². The average molecular weight is 264 g/mol. The van der Waals surface area contributed by atoms with Gasteiger partial charge in [0, 0.05) is 6.07 Å². The molecule has 0 aromatic heterocycles. The number of rotatable bonds is 3. The summed E-state index contributed by atoms with van der Waals surface area (Å²) in [7, 11) is 0. The highest BCUT2D eigenvalue weighted by Gasteiger charge is 2.32. The molecule has 102 valence electrons. The maximum absolute atomic E-state index is 11.2. The van der Waals surface area contributed by atoms with Gasteiger partial charge in [0.25, 0.3) is 0 Å². The van der Waals surface area contributed by atoms with Crippen molar-refractivity contribution in [2.24, 2.45) is 5.92 Å². The molecule has 1 saturated carbocycles. The molecule has 2 atom stereocenters. The van der Waals surface area contributed by atoms with Gasteiger partial charge >= 0.3 is 5.97 Å². The molecule has 0 spiro atoms. The molecular formula is C14H16O5. The number of fused-ring (bicyclic) bond motifs is 1. The molecule has 0 radical (unpaired) electrons. The molecule has 1 aromatic carbocycles. The zero-order valence-electron chi connectivity index (χ0n) is 10.5. The standard InChI is InChI=1S/C14H16O5/c15-14(16)10-3-1-2-4-11(10)19-9-5-6-12-13(7-9)18-8-17-12/h5-7,10-11H,1-4,8H2,(H,15,16). The normalized spacial score (nSPS) is 25.1. The van der Waals surface area contributed by atoms with E-state index in [0.717, 1.165) is 19.3 Å². The lowest BCUT2D eigenvalue weighted by Crippen LogP contribution is -2.35. The Morgan fingerprint density at radius 1 is 1.21 bits per heavy atom. The first-order chi connectivity index (χ1) is 9.24. The van der Waals surface area contributed by atoms with Gasteiger partial charge in [-0.3, -0.25) is 4.79 Å². The van der Waals surface area contributed by atoms with Crippen LogP contribution in [0.5, 0.6) is 17.2 Å². The van der Waals surface area contributed by atoms with Crippen LogP contribution in [-0.2, 0) is 4.79 Å². The highest BCUT2D eigenvalue weighted by molar-refractivity contribution is 5.71. The fraction of sp³-hybridized carbons (Fsp3) is 0.500. The summed E-state index contributed by atoms with van der Waals surface area (Å²) in [5.74, 6) is 0.804. The van der Waals surface area contributed by atoms with Gasteiger partial charge in [0.2, 0.25) is 6.79 Å². The summed E-state index contributed by atoms with van der Waals surface area (Å²) >= 11 is 0. The lowest BCUT2D eigenvalue weighted by Gasteiger charge is -2.29. The van der Waals surface area contributed by atoms with Crippen molar-refractivity contribution in [3.63, 3.8) is 0 Å². The van der Waals surface area contributed by atoms with E-state index in [9.17, 15) is 9.90 Å². The van der Waals surface area contributed by atoms with Crippen LogP contribution in [-0.4, -0.2) is 24.0 Å². The first-order valence-corrected chi connectivity index (χ1v) is 6.53. The summed E-state index contributed by atoms with van der Waals surface area (Å²) in [6.07, 6.45) is 3.18. The van der Waals surface area contributed by atoms with Crippen molar-refractivity contribution in [3.05, 3.63) is 18.2 Å². The quantitative estimate of drug-likeness (QED) is 0.908.